The summed E-state index contributed by atoms with van der Waals surface area (Å²) in [5, 5.41) is 2.43. The van der Waals surface area contributed by atoms with Crippen molar-refractivity contribution in [2.45, 2.75) is 19.4 Å². The van der Waals surface area contributed by atoms with Crippen LogP contribution < -0.4 is 0 Å². The molecular weight excluding hydrogens is 270 g/mol. The number of pyridine rings is 1. The summed E-state index contributed by atoms with van der Waals surface area (Å²) >= 11 is 7.31. The first-order chi connectivity index (χ1) is 8.74. The fourth-order valence-corrected chi connectivity index (χ4v) is 2.23. The second-order valence-electron chi connectivity index (χ2n) is 3.73. The van der Waals surface area contributed by atoms with Gasteiger partial charge < -0.3 is 4.74 Å². The van der Waals surface area contributed by atoms with E-state index in [-0.39, 0.29) is 12.6 Å². The van der Waals surface area contributed by atoms with E-state index >= 15 is 0 Å². The summed E-state index contributed by atoms with van der Waals surface area (Å²) in [6, 6.07) is 7.46. The molecule has 94 valence electrons. The summed E-state index contributed by atoms with van der Waals surface area (Å²) in [7, 11) is 0. The smallest absolute Gasteiger partial charge is 0.306 e. The lowest BCUT2D eigenvalue weighted by Crippen LogP contribution is -2.05. The van der Waals surface area contributed by atoms with Crippen molar-refractivity contribution in [1.82, 2.24) is 4.98 Å². The number of nitrogens with zero attached hydrogens (tertiary/aromatic N) is 1. The van der Waals surface area contributed by atoms with Crippen molar-refractivity contribution in [3.8, 4) is 0 Å². The number of halogens is 1. The zero-order chi connectivity index (χ0) is 12.8. The third-order valence-electron chi connectivity index (χ3n) is 2.34. The van der Waals surface area contributed by atoms with Gasteiger partial charge in [0, 0.05) is 16.6 Å². The topological polar surface area (TPSA) is 39.2 Å². The fraction of sp³-hybridized carbons (Fsp3) is 0.231. The van der Waals surface area contributed by atoms with Crippen LogP contribution in [-0.2, 0) is 22.6 Å². The molecule has 0 radical (unpaired) electrons. The van der Waals surface area contributed by atoms with Gasteiger partial charge >= 0.3 is 5.97 Å². The zero-order valence-corrected chi connectivity index (χ0v) is 11.2. The maximum Gasteiger partial charge on any atom is 0.306 e. The number of aryl methyl sites for hydroxylation is 1. The van der Waals surface area contributed by atoms with Gasteiger partial charge in [-0.25, -0.2) is 4.98 Å². The van der Waals surface area contributed by atoms with E-state index in [1.54, 1.807) is 29.7 Å². The van der Waals surface area contributed by atoms with E-state index in [1.165, 1.54) is 4.88 Å². The molecule has 0 atom stereocenters. The van der Waals surface area contributed by atoms with Crippen LogP contribution in [0.3, 0.4) is 0 Å². The number of aromatic nitrogens is 1. The number of ether oxygens (including phenoxy) is 1. The molecule has 2 rings (SSSR count). The van der Waals surface area contributed by atoms with Crippen LogP contribution in [0.5, 0.6) is 0 Å². The molecule has 0 amide bonds. The molecule has 0 aromatic carbocycles. The molecule has 18 heavy (non-hydrogen) atoms. The van der Waals surface area contributed by atoms with E-state index < -0.39 is 0 Å². The van der Waals surface area contributed by atoms with Crippen LogP contribution in [0.15, 0.2) is 35.8 Å². The Kier molecular flexibility index (Phi) is 4.73. The van der Waals surface area contributed by atoms with Gasteiger partial charge in [0.15, 0.2) is 0 Å². The van der Waals surface area contributed by atoms with Crippen molar-refractivity contribution in [3.05, 3.63) is 51.4 Å². The van der Waals surface area contributed by atoms with Crippen molar-refractivity contribution in [2.75, 3.05) is 0 Å². The average molecular weight is 282 g/mol. The van der Waals surface area contributed by atoms with Crippen molar-refractivity contribution in [3.63, 3.8) is 0 Å². The van der Waals surface area contributed by atoms with E-state index in [0.29, 0.717) is 11.6 Å². The molecule has 3 nitrogen and oxygen atoms in total. The quantitative estimate of drug-likeness (QED) is 0.622. The Morgan fingerprint density at radius 2 is 2.28 bits per heavy atom. The highest BCUT2D eigenvalue weighted by molar-refractivity contribution is 7.09. The molecule has 0 fully saturated rings. The number of esters is 1. The zero-order valence-electron chi connectivity index (χ0n) is 9.64. The minimum absolute atomic E-state index is 0.196. The number of rotatable bonds is 5. The number of thiophene rings is 1. The van der Waals surface area contributed by atoms with Gasteiger partial charge in [0.1, 0.15) is 11.8 Å². The third-order valence-corrected chi connectivity index (χ3v) is 3.50. The normalized spacial score (nSPS) is 10.3. The molecule has 0 saturated heterocycles. The number of carbonyl (C=O) groups excluding carboxylic acids is 1. The summed E-state index contributed by atoms with van der Waals surface area (Å²) in [5.74, 6) is -0.196. The monoisotopic (exact) mass is 281 g/mol. The van der Waals surface area contributed by atoms with Crippen LogP contribution in [0.1, 0.15) is 16.9 Å². The van der Waals surface area contributed by atoms with Gasteiger partial charge in [-0.3, -0.25) is 4.79 Å². The first kappa shape index (κ1) is 13.1. The van der Waals surface area contributed by atoms with Gasteiger partial charge in [-0.2, -0.15) is 0 Å². The number of hydrogen-bond donors (Lipinski definition) is 0. The molecule has 2 aromatic heterocycles. The van der Waals surface area contributed by atoms with Gasteiger partial charge in [0.2, 0.25) is 0 Å². The van der Waals surface area contributed by atoms with Crippen molar-refractivity contribution >= 4 is 28.9 Å². The molecule has 0 aliphatic rings. The molecule has 0 saturated carbocycles. The second-order valence-corrected chi connectivity index (χ2v) is 5.15. The van der Waals surface area contributed by atoms with Crippen molar-refractivity contribution in [1.29, 1.82) is 0 Å². The molecule has 0 bridgehead atoms. The fourth-order valence-electron chi connectivity index (χ4n) is 1.41. The summed E-state index contributed by atoms with van der Waals surface area (Å²) in [6.07, 6.45) is 2.74. The van der Waals surface area contributed by atoms with E-state index in [2.05, 4.69) is 4.98 Å². The minimum Gasteiger partial charge on any atom is -0.461 e. The van der Waals surface area contributed by atoms with Gasteiger partial charge in [0.05, 0.1) is 6.42 Å². The SMILES string of the molecule is O=C(CCc1cccs1)OCc1ccc(Cl)nc1. The summed E-state index contributed by atoms with van der Waals surface area (Å²) in [4.78, 5) is 16.6. The van der Waals surface area contributed by atoms with Gasteiger partial charge in [-0.05, 0) is 23.9 Å². The van der Waals surface area contributed by atoms with E-state index in [9.17, 15) is 4.79 Å². The summed E-state index contributed by atoms with van der Waals surface area (Å²) in [5.41, 5.74) is 0.837. The predicted molar refractivity (Wildman–Crippen MR) is 71.7 cm³/mol. The molecule has 2 heterocycles. The first-order valence-electron chi connectivity index (χ1n) is 5.52. The summed E-state index contributed by atoms with van der Waals surface area (Å²) in [6.45, 7) is 0.243. The van der Waals surface area contributed by atoms with E-state index in [4.69, 9.17) is 16.3 Å². The molecule has 5 heteroatoms. The lowest BCUT2D eigenvalue weighted by molar-refractivity contribution is -0.144. The summed E-state index contributed by atoms with van der Waals surface area (Å²) < 4.78 is 5.15. The Morgan fingerprint density at radius 1 is 1.39 bits per heavy atom. The molecule has 0 aliphatic heterocycles. The number of carbonyl (C=O) groups is 1. The largest absolute Gasteiger partial charge is 0.461 e. The van der Waals surface area contributed by atoms with Gasteiger partial charge in [-0.15, -0.1) is 11.3 Å². The lowest BCUT2D eigenvalue weighted by Gasteiger charge is -2.04. The highest BCUT2D eigenvalue weighted by Crippen LogP contribution is 2.12. The second kappa shape index (κ2) is 6.52. The Bertz CT molecular complexity index is 496. The van der Waals surface area contributed by atoms with Gasteiger partial charge in [0.25, 0.3) is 0 Å². The lowest BCUT2D eigenvalue weighted by atomic mass is 10.2. The van der Waals surface area contributed by atoms with Crippen LogP contribution in [0, 0.1) is 0 Å². The molecule has 0 spiro atoms. The molecular formula is C13H12ClNO2S. The standard InChI is InChI=1S/C13H12ClNO2S/c14-12-5-3-10(8-15-12)9-17-13(16)6-4-11-2-1-7-18-11/h1-3,5,7-8H,4,6,9H2. The van der Waals surface area contributed by atoms with Crippen LogP contribution in [0.25, 0.3) is 0 Å². The van der Waals surface area contributed by atoms with E-state index in [1.807, 2.05) is 17.5 Å². The van der Waals surface area contributed by atoms with Gasteiger partial charge in [-0.1, -0.05) is 23.7 Å². The van der Waals surface area contributed by atoms with Crippen molar-refractivity contribution in [2.24, 2.45) is 0 Å². The van der Waals surface area contributed by atoms with E-state index in [0.717, 1.165) is 12.0 Å². The molecule has 2 aromatic rings. The first-order valence-corrected chi connectivity index (χ1v) is 6.78. The maximum atomic E-state index is 11.5. The number of hydrogen-bond acceptors (Lipinski definition) is 4. The van der Waals surface area contributed by atoms with Crippen molar-refractivity contribution < 1.29 is 9.53 Å². The Balaban J connectivity index is 1.73. The molecule has 0 aliphatic carbocycles. The molecule has 0 unspecified atom stereocenters. The Morgan fingerprint density at radius 3 is 2.94 bits per heavy atom. The van der Waals surface area contributed by atoms with Crippen LogP contribution in [0.4, 0.5) is 0 Å². The van der Waals surface area contributed by atoms with Crippen LogP contribution >= 0.6 is 22.9 Å². The third kappa shape index (κ3) is 4.13. The van der Waals surface area contributed by atoms with Crippen LogP contribution in [-0.4, -0.2) is 11.0 Å². The molecule has 0 N–H and O–H groups in total. The maximum absolute atomic E-state index is 11.5. The Hall–Kier alpha value is -1.39. The Labute approximate surface area is 114 Å². The minimum atomic E-state index is -0.196. The average Bonchev–Trinajstić information content (AvgIpc) is 2.89. The highest BCUT2D eigenvalue weighted by atomic mass is 35.5. The predicted octanol–water partition coefficient (Wildman–Crippen LogP) is 3.47. The highest BCUT2D eigenvalue weighted by Gasteiger charge is 2.05. The van der Waals surface area contributed by atoms with Crippen LogP contribution in [0.2, 0.25) is 5.15 Å².